The first kappa shape index (κ1) is 16.4. The number of hydrogen-bond donors (Lipinski definition) is 1. The van der Waals surface area contributed by atoms with E-state index < -0.39 is 43.2 Å². The lowest BCUT2D eigenvalue weighted by atomic mass is 10.2. The number of nitrogens with zero attached hydrogens (tertiary/aromatic N) is 1. The topological polar surface area (TPSA) is 49.8 Å². The number of carbonyl (C=O) groups is 1. The van der Waals surface area contributed by atoms with E-state index in [-0.39, 0.29) is 13.5 Å². The van der Waals surface area contributed by atoms with E-state index in [0.717, 1.165) is 4.90 Å². The second-order valence-electron chi connectivity index (χ2n) is 5.00. The van der Waals surface area contributed by atoms with Crippen molar-refractivity contribution in [3.63, 3.8) is 0 Å². The number of ether oxygens (including phenoxy) is 1. The van der Waals surface area contributed by atoms with Crippen LogP contribution in [0.15, 0.2) is 0 Å². The zero-order chi connectivity index (χ0) is 12.6. The molecule has 1 atom stereocenters. The van der Waals surface area contributed by atoms with Crippen molar-refractivity contribution in [2.75, 3.05) is 13.2 Å². The molecule has 7 heteroatoms. The van der Waals surface area contributed by atoms with Gasteiger partial charge in [0.25, 0.3) is 5.92 Å². The van der Waals surface area contributed by atoms with Gasteiger partial charge in [0, 0.05) is 6.42 Å². The summed E-state index contributed by atoms with van der Waals surface area (Å²) < 4.78 is 31.1. The molecule has 1 heterocycles. The molecule has 0 bridgehead atoms. The van der Waals surface area contributed by atoms with Crippen molar-refractivity contribution in [3.05, 3.63) is 0 Å². The Morgan fingerprint density at radius 3 is 2.47 bits per heavy atom. The highest BCUT2D eigenvalue weighted by Gasteiger charge is 2.47. The summed E-state index contributed by atoms with van der Waals surface area (Å²) in [6.07, 6.45) is -1.31. The van der Waals surface area contributed by atoms with E-state index >= 15 is 0 Å². The minimum absolute atomic E-state index is 0. The Balaban J connectivity index is 0.00000256. The molecule has 1 amide bonds. The number of aliphatic hydroxyl groups is 1. The Morgan fingerprint density at radius 2 is 2.06 bits per heavy atom. The molecule has 0 spiro atoms. The number of carbonyl (C=O) groups excluding carboxylic acids is 1. The van der Waals surface area contributed by atoms with Gasteiger partial charge in [-0.3, -0.25) is 4.90 Å². The molecule has 1 fully saturated rings. The maximum Gasteiger partial charge on any atom is 0.410 e. The summed E-state index contributed by atoms with van der Waals surface area (Å²) in [6, 6.07) is -0.857. The Kier molecular flexibility index (Phi) is 5.21. The molecule has 1 N–H and O–H groups in total. The predicted molar refractivity (Wildman–Crippen MR) is 63.8 cm³/mol. The molecule has 1 unspecified atom stereocenters. The predicted octanol–water partition coefficient (Wildman–Crippen LogP) is 1.74. The van der Waals surface area contributed by atoms with Crippen LogP contribution in [0.2, 0.25) is 0 Å². The van der Waals surface area contributed by atoms with Gasteiger partial charge in [0.05, 0.1) is 19.2 Å². The van der Waals surface area contributed by atoms with Crippen LogP contribution in [0.4, 0.5) is 13.6 Å². The van der Waals surface area contributed by atoms with Gasteiger partial charge in [0.15, 0.2) is 0 Å². The van der Waals surface area contributed by atoms with Crippen LogP contribution in [0.5, 0.6) is 0 Å². The Hall–Kier alpha value is -0.560. The molecule has 0 aromatic heterocycles. The van der Waals surface area contributed by atoms with Gasteiger partial charge in [0.2, 0.25) is 0 Å². The summed E-state index contributed by atoms with van der Waals surface area (Å²) in [5, 5.41) is 8.93. The van der Waals surface area contributed by atoms with E-state index in [2.05, 4.69) is 0 Å². The maximum atomic E-state index is 13.1. The lowest BCUT2D eigenvalue weighted by molar-refractivity contribution is -0.00284. The molecule has 102 valence electrons. The fourth-order valence-electron chi connectivity index (χ4n) is 1.60. The molecular formula is C10H19F2NO3S. The summed E-state index contributed by atoms with van der Waals surface area (Å²) in [7, 11) is 0. The zero-order valence-corrected chi connectivity index (χ0v) is 11.2. The van der Waals surface area contributed by atoms with E-state index in [1.165, 1.54) is 0 Å². The molecule has 1 rings (SSSR count). The second kappa shape index (κ2) is 5.39. The highest BCUT2D eigenvalue weighted by Crippen LogP contribution is 2.32. The van der Waals surface area contributed by atoms with Crippen molar-refractivity contribution in [3.8, 4) is 0 Å². The van der Waals surface area contributed by atoms with Gasteiger partial charge in [-0.15, -0.1) is 0 Å². The highest BCUT2D eigenvalue weighted by molar-refractivity contribution is 7.59. The van der Waals surface area contributed by atoms with Gasteiger partial charge in [-0.25, -0.2) is 13.6 Å². The molecule has 0 aliphatic carbocycles. The molecule has 0 saturated carbocycles. The lowest BCUT2D eigenvalue weighted by Gasteiger charge is -2.27. The summed E-state index contributed by atoms with van der Waals surface area (Å²) in [5.41, 5.74) is -0.727. The lowest BCUT2D eigenvalue weighted by Crippen LogP contribution is -2.41. The van der Waals surface area contributed by atoms with Crippen LogP contribution < -0.4 is 0 Å². The minimum Gasteiger partial charge on any atom is -0.444 e. The molecule has 0 radical (unpaired) electrons. The molecule has 1 aliphatic heterocycles. The first-order valence-corrected chi connectivity index (χ1v) is 5.13. The van der Waals surface area contributed by atoms with Crippen LogP contribution in [0, 0.1) is 0 Å². The van der Waals surface area contributed by atoms with Gasteiger partial charge in [0.1, 0.15) is 5.60 Å². The van der Waals surface area contributed by atoms with E-state index in [0.29, 0.717) is 0 Å². The van der Waals surface area contributed by atoms with Crippen molar-refractivity contribution in [2.45, 2.75) is 44.8 Å². The first-order valence-electron chi connectivity index (χ1n) is 5.13. The van der Waals surface area contributed by atoms with Gasteiger partial charge in [-0.1, -0.05) is 0 Å². The second-order valence-corrected chi connectivity index (χ2v) is 5.00. The molecule has 1 saturated heterocycles. The van der Waals surface area contributed by atoms with Crippen molar-refractivity contribution in [1.29, 1.82) is 0 Å². The number of alkyl halides is 2. The summed E-state index contributed by atoms with van der Waals surface area (Å²) in [5.74, 6) is -2.94. The van der Waals surface area contributed by atoms with Crippen LogP contribution in [-0.2, 0) is 4.74 Å². The largest absolute Gasteiger partial charge is 0.444 e. The van der Waals surface area contributed by atoms with E-state index in [1.54, 1.807) is 20.8 Å². The van der Waals surface area contributed by atoms with Gasteiger partial charge in [-0.05, 0) is 20.8 Å². The monoisotopic (exact) mass is 271 g/mol. The average molecular weight is 271 g/mol. The van der Waals surface area contributed by atoms with Crippen LogP contribution in [-0.4, -0.2) is 46.8 Å². The van der Waals surface area contributed by atoms with Crippen LogP contribution in [0.25, 0.3) is 0 Å². The molecule has 1 aliphatic rings. The number of likely N-dealkylation sites (tertiary alicyclic amines) is 1. The van der Waals surface area contributed by atoms with Gasteiger partial charge in [-0.2, -0.15) is 13.5 Å². The third kappa shape index (κ3) is 4.67. The van der Waals surface area contributed by atoms with E-state index in [4.69, 9.17) is 9.84 Å². The molecule has 0 aromatic rings. The molecule has 4 nitrogen and oxygen atoms in total. The summed E-state index contributed by atoms with van der Waals surface area (Å²) >= 11 is 0. The number of hydrogen-bond acceptors (Lipinski definition) is 3. The number of aliphatic hydroxyl groups excluding tert-OH is 1. The summed E-state index contributed by atoms with van der Waals surface area (Å²) in [4.78, 5) is 12.5. The zero-order valence-electron chi connectivity index (χ0n) is 10.2. The maximum absolute atomic E-state index is 13.1. The summed E-state index contributed by atoms with van der Waals surface area (Å²) in [6.45, 7) is 3.81. The van der Waals surface area contributed by atoms with Crippen molar-refractivity contribution >= 4 is 19.6 Å². The normalized spacial score (nSPS) is 23.2. The van der Waals surface area contributed by atoms with Crippen molar-refractivity contribution in [1.82, 2.24) is 4.90 Å². The fourth-order valence-corrected chi connectivity index (χ4v) is 1.60. The fraction of sp³-hybridized carbons (Fsp3) is 0.900. The molecule has 17 heavy (non-hydrogen) atoms. The third-order valence-corrected chi connectivity index (χ3v) is 2.22. The van der Waals surface area contributed by atoms with Crippen LogP contribution in [0.3, 0.4) is 0 Å². The Morgan fingerprint density at radius 1 is 1.53 bits per heavy atom. The quantitative estimate of drug-likeness (QED) is 0.790. The van der Waals surface area contributed by atoms with Crippen LogP contribution >= 0.6 is 13.5 Å². The smallest absolute Gasteiger partial charge is 0.410 e. The standard InChI is InChI=1S/C10H17F2NO3.H2S/c1-9(2,3)16-8(15)13-6-10(11,12)4-7(13)5-14;/h7,14H,4-6H2,1-3H3;1H2. The van der Waals surface area contributed by atoms with Crippen molar-refractivity contribution < 1.29 is 23.4 Å². The SMILES string of the molecule is CC(C)(C)OC(=O)N1CC(F)(F)CC1CO.S. The Bertz CT molecular complexity index is 281. The number of rotatable bonds is 1. The van der Waals surface area contributed by atoms with Crippen LogP contribution in [0.1, 0.15) is 27.2 Å². The third-order valence-electron chi connectivity index (χ3n) is 2.22. The first-order chi connectivity index (χ1) is 7.14. The van der Waals surface area contributed by atoms with E-state index in [9.17, 15) is 13.6 Å². The number of amides is 1. The highest BCUT2D eigenvalue weighted by atomic mass is 32.1. The molecule has 0 aromatic carbocycles. The van der Waals surface area contributed by atoms with Crippen molar-refractivity contribution in [2.24, 2.45) is 0 Å². The number of halogens is 2. The average Bonchev–Trinajstić information content (AvgIpc) is 2.38. The minimum atomic E-state index is -2.94. The van der Waals surface area contributed by atoms with Gasteiger partial charge >= 0.3 is 6.09 Å². The van der Waals surface area contributed by atoms with Gasteiger partial charge < -0.3 is 9.84 Å². The molecular weight excluding hydrogens is 252 g/mol. The Labute approximate surface area is 106 Å². The van der Waals surface area contributed by atoms with E-state index in [1.807, 2.05) is 0 Å².